The SMILES string of the molecule is CNCC1CCN(Cc2cc(=O)c(O)co2)C1. The Kier molecular flexibility index (Phi) is 3.81. The van der Waals surface area contributed by atoms with E-state index in [0.29, 0.717) is 18.2 Å². The van der Waals surface area contributed by atoms with E-state index in [0.717, 1.165) is 25.9 Å². The highest BCUT2D eigenvalue weighted by atomic mass is 16.4. The van der Waals surface area contributed by atoms with Crippen LogP contribution in [0.5, 0.6) is 5.75 Å². The molecule has 94 valence electrons. The molecule has 0 spiro atoms. The highest BCUT2D eigenvalue weighted by Gasteiger charge is 2.22. The summed E-state index contributed by atoms with van der Waals surface area (Å²) in [7, 11) is 1.96. The first-order valence-corrected chi connectivity index (χ1v) is 5.86. The summed E-state index contributed by atoms with van der Waals surface area (Å²) in [6.45, 7) is 3.70. The number of likely N-dealkylation sites (tertiary alicyclic amines) is 1. The maximum absolute atomic E-state index is 11.2. The molecule has 2 heterocycles. The maximum Gasteiger partial charge on any atom is 0.226 e. The normalized spacial score (nSPS) is 20.9. The molecule has 0 saturated carbocycles. The predicted octanol–water partition coefficient (Wildman–Crippen LogP) is 0.387. The predicted molar refractivity (Wildman–Crippen MR) is 64.0 cm³/mol. The third-order valence-corrected chi connectivity index (χ3v) is 3.11. The summed E-state index contributed by atoms with van der Waals surface area (Å²) in [4.78, 5) is 13.5. The molecular weight excluding hydrogens is 220 g/mol. The van der Waals surface area contributed by atoms with Crippen LogP contribution in [0.2, 0.25) is 0 Å². The van der Waals surface area contributed by atoms with Crippen molar-refractivity contribution in [2.45, 2.75) is 13.0 Å². The molecule has 0 radical (unpaired) electrons. The second-order valence-electron chi connectivity index (χ2n) is 4.54. The van der Waals surface area contributed by atoms with Crippen molar-refractivity contribution in [1.82, 2.24) is 10.2 Å². The van der Waals surface area contributed by atoms with Gasteiger partial charge in [-0.05, 0) is 32.5 Å². The van der Waals surface area contributed by atoms with Gasteiger partial charge in [-0.2, -0.15) is 0 Å². The molecule has 5 heteroatoms. The first kappa shape index (κ1) is 12.1. The number of hydrogen-bond acceptors (Lipinski definition) is 5. The van der Waals surface area contributed by atoms with Gasteiger partial charge in [-0.25, -0.2) is 0 Å². The van der Waals surface area contributed by atoms with Gasteiger partial charge in [-0.1, -0.05) is 0 Å². The van der Waals surface area contributed by atoms with Crippen molar-refractivity contribution in [3.05, 3.63) is 28.3 Å². The molecule has 2 rings (SSSR count). The minimum atomic E-state index is -0.378. The van der Waals surface area contributed by atoms with E-state index in [4.69, 9.17) is 9.52 Å². The van der Waals surface area contributed by atoms with Crippen molar-refractivity contribution in [1.29, 1.82) is 0 Å². The Labute approximate surface area is 100 Å². The molecule has 1 saturated heterocycles. The summed E-state index contributed by atoms with van der Waals surface area (Å²) in [5.74, 6) is 0.949. The van der Waals surface area contributed by atoms with E-state index in [1.807, 2.05) is 7.05 Å². The third-order valence-electron chi connectivity index (χ3n) is 3.11. The number of nitrogens with one attached hydrogen (secondary N) is 1. The standard InChI is InChI=1S/C12H18N2O3/c1-13-5-9-2-3-14(6-9)7-10-4-11(15)12(16)8-17-10/h4,8-9,13,16H,2-3,5-7H2,1H3. The Morgan fingerprint density at radius 2 is 2.47 bits per heavy atom. The highest BCUT2D eigenvalue weighted by molar-refractivity contribution is 5.15. The van der Waals surface area contributed by atoms with Crippen LogP contribution in [0.4, 0.5) is 0 Å². The quantitative estimate of drug-likeness (QED) is 0.794. The molecule has 1 aromatic rings. The lowest BCUT2D eigenvalue weighted by molar-refractivity contribution is 0.279. The van der Waals surface area contributed by atoms with E-state index in [-0.39, 0.29) is 11.2 Å². The lowest BCUT2D eigenvalue weighted by Crippen LogP contribution is -2.24. The zero-order valence-electron chi connectivity index (χ0n) is 9.98. The molecule has 1 aliphatic rings. The first-order valence-electron chi connectivity index (χ1n) is 5.86. The molecular formula is C12H18N2O3. The van der Waals surface area contributed by atoms with Gasteiger partial charge < -0.3 is 14.8 Å². The summed E-state index contributed by atoms with van der Waals surface area (Å²) in [5.41, 5.74) is -0.378. The van der Waals surface area contributed by atoms with Gasteiger partial charge in [0.2, 0.25) is 5.43 Å². The number of rotatable bonds is 4. The zero-order chi connectivity index (χ0) is 12.3. The third kappa shape index (κ3) is 3.08. The monoisotopic (exact) mass is 238 g/mol. The van der Waals surface area contributed by atoms with Crippen LogP contribution in [0.3, 0.4) is 0 Å². The van der Waals surface area contributed by atoms with Crippen molar-refractivity contribution < 1.29 is 9.52 Å². The molecule has 1 atom stereocenters. The molecule has 5 nitrogen and oxygen atoms in total. The van der Waals surface area contributed by atoms with Crippen molar-refractivity contribution in [2.24, 2.45) is 5.92 Å². The van der Waals surface area contributed by atoms with E-state index >= 15 is 0 Å². The minimum Gasteiger partial charge on any atom is -0.502 e. The maximum atomic E-state index is 11.2. The van der Waals surface area contributed by atoms with E-state index in [9.17, 15) is 4.79 Å². The van der Waals surface area contributed by atoms with Crippen molar-refractivity contribution in [3.63, 3.8) is 0 Å². The summed E-state index contributed by atoms with van der Waals surface area (Å²) in [6, 6.07) is 1.36. The number of hydrogen-bond donors (Lipinski definition) is 2. The Morgan fingerprint density at radius 1 is 1.65 bits per heavy atom. The van der Waals surface area contributed by atoms with E-state index in [1.165, 1.54) is 12.5 Å². The average molecular weight is 238 g/mol. The number of nitrogens with zero attached hydrogens (tertiary/aromatic N) is 1. The Balaban J connectivity index is 1.93. The van der Waals surface area contributed by atoms with E-state index in [2.05, 4.69) is 10.2 Å². The molecule has 1 aromatic heterocycles. The molecule has 17 heavy (non-hydrogen) atoms. The van der Waals surface area contributed by atoms with Gasteiger partial charge in [0, 0.05) is 12.6 Å². The van der Waals surface area contributed by atoms with Gasteiger partial charge in [-0.15, -0.1) is 0 Å². The van der Waals surface area contributed by atoms with Crippen LogP contribution in [0.15, 0.2) is 21.5 Å². The van der Waals surface area contributed by atoms with Crippen LogP contribution in [0.25, 0.3) is 0 Å². The highest BCUT2D eigenvalue weighted by Crippen LogP contribution is 2.17. The van der Waals surface area contributed by atoms with Crippen molar-refractivity contribution >= 4 is 0 Å². The second-order valence-corrected chi connectivity index (χ2v) is 4.54. The van der Waals surface area contributed by atoms with Crippen LogP contribution < -0.4 is 10.7 Å². The van der Waals surface area contributed by atoms with Gasteiger partial charge in [-0.3, -0.25) is 9.69 Å². The van der Waals surface area contributed by atoms with Gasteiger partial charge in [0.25, 0.3) is 0 Å². The van der Waals surface area contributed by atoms with Crippen molar-refractivity contribution in [3.8, 4) is 5.75 Å². The molecule has 0 aliphatic carbocycles. The molecule has 0 aromatic carbocycles. The van der Waals surface area contributed by atoms with Crippen molar-refractivity contribution in [2.75, 3.05) is 26.7 Å². The van der Waals surface area contributed by atoms with E-state index in [1.54, 1.807) is 0 Å². The average Bonchev–Trinajstić information content (AvgIpc) is 2.72. The smallest absolute Gasteiger partial charge is 0.226 e. The van der Waals surface area contributed by atoms with Gasteiger partial charge in [0.05, 0.1) is 6.54 Å². The molecule has 1 aliphatic heterocycles. The molecule has 1 fully saturated rings. The summed E-state index contributed by atoms with van der Waals surface area (Å²) in [5, 5.41) is 12.3. The summed E-state index contributed by atoms with van der Waals surface area (Å²) in [6.07, 6.45) is 2.28. The fourth-order valence-corrected chi connectivity index (χ4v) is 2.26. The Morgan fingerprint density at radius 3 is 3.18 bits per heavy atom. The first-order chi connectivity index (χ1) is 8.19. The second kappa shape index (κ2) is 5.33. The lowest BCUT2D eigenvalue weighted by Gasteiger charge is -2.14. The molecule has 2 N–H and O–H groups in total. The van der Waals surface area contributed by atoms with Crippen LogP contribution in [0.1, 0.15) is 12.2 Å². The summed E-state index contributed by atoms with van der Waals surface area (Å²) < 4.78 is 5.19. The Bertz CT molecular complexity index is 430. The topological polar surface area (TPSA) is 65.7 Å². The fraction of sp³-hybridized carbons (Fsp3) is 0.583. The van der Waals surface area contributed by atoms with Crippen LogP contribution in [-0.4, -0.2) is 36.7 Å². The summed E-state index contributed by atoms with van der Waals surface area (Å²) >= 11 is 0. The fourth-order valence-electron chi connectivity index (χ4n) is 2.26. The van der Waals surface area contributed by atoms with Gasteiger partial charge in [0.15, 0.2) is 5.75 Å². The van der Waals surface area contributed by atoms with E-state index < -0.39 is 0 Å². The largest absolute Gasteiger partial charge is 0.502 e. The zero-order valence-corrected chi connectivity index (χ0v) is 9.98. The molecule has 0 amide bonds. The van der Waals surface area contributed by atoms with Gasteiger partial charge in [0.1, 0.15) is 12.0 Å². The van der Waals surface area contributed by atoms with Crippen LogP contribution >= 0.6 is 0 Å². The number of aromatic hydroxyl groups is 1. The Hall–Kier alpha value is -1.33. The van der Waals surface area contributed by atoms with Gasteiger partial charge >= 0.3 is 0 Å². The van der Waals surface area contributed by atoms with Crippen LogP contribution in [0, 0.1) is 5.92 Å². The molecule has 1 unspecified atom stereocenters. The molecule has 0 bridgehead atoms. The van der Waals surface area contributed by atoms with Crippen LogP contribution in [-0.2, 0) is 6.54 Å². The minimum absolute atomic E-state index is 0.330. The lowest BCUT2D eigenvalue weighted by atomic mass is 10.1.